The highest BCUT2D eigenvalue weighted by Crippen LogP contribution is 2.43. The zero-order valence-electron chi connectivity index (χ0n) is 17.9. The third-order valence-electron chi connectivity index (χ3n) is 5.18. The number of nitrogens with zero attached hydrogens (tertiary/aromatic N) is 1. The van der Waals surface area contributed by atoms with Gasteiger partial charge < -0.3 is 9.84 Å². The van der Waals surface area contributed by atoms with Gasteiger partial charge in [0.25, 0.3) is 5.91 Å². The van der Waals surface area contributed by atoms with Gasteiger partial charge in [-0.3, -0.25) is 10.1 Å². The number of carbonyl (C=O) groups is 2. The van der Waals surface area contributed by atoms with Crippen LogP contribution in [-0.4, -0.2) is 22.0 Å². The molecule has 2 heterocycles. The van der Waals surface area contributed by atoms with Crippen molar-refractivity contribution in [2.45, 2.75) is 33.3 Å². The highest BCUT2D eigenvalue weighted by atomic mass is 32.1. The SMILES string of the molecule is CCCc1cccc2c1OCc1sc(NC(=O)c3cc(F)c(C=C(C)C(=O)O)c(F)c3)nc1-2. The first-order valence-electron chi connectivity index (χ1n) is 10.2. The molecule has 33 heavy (non-hydrogen) atoms. The second kappa shape index (κ2) is 9.11. The van der Waals surface area contributed by atoms with Crippen LogP contribution < -0.4 is 10.1 Å². The molecule has 1 amide bonds. The van der Waals surface area contributed by atoms with E-state index in [-0.39, 0.29) is 16.3 Å². The Balaban J connectivity index is 1.59. The van der Waals surface area contributed by atoms with E-state index >= 15 is 0 Å². The number of fused-ring (bicyclic) bond motifs is 3. The number of carboxylic acids is 1. The summed E-state index contributed by atoms with van der Waals surface area (Å²) in [6.45, 7) is 3.63. The standard InChI is InChI=1S/C24H20F2N2O4S/c1-3-5-13-6-4-7-15-20-19(11-32-21(13)15)33-24(27-20)28-22(29)14-9-17(25)16(18(26)10-14)8-12(2)23(30)31/h4,6-10H,3,5,11H2,1-2H3,(H,30,31)(H,27,28,29). The molecule has 6 nitrogen and oxygen atoms in total. The minimum Gasteiger partial charge on any atom is -0.487 e. The molecule has 2 aromatic carbocycles. The molecule has 1 aliphatic heterocycles. The lowest BCUT2D eigenvalue weighted by Gasteiger charge is -2.19. The van der Waals surface area contributed by atoms with Crippen molar-refractivity contribution in [3.8, 4) is 17.0 Å². The molecule has 2 N–H and O–H groups in total. The Morgan fingerprint density at radius 1 is 1.27 bits per heavy atom. The van der Waals surface area contributed by atoms with E-state index in [0.29, 0.717) is 6.61 Å². The number of para-hydroxylation sites is 1. The van der Waals surface area contributed by atoms with Crippen LogP contribution >= 0.6 is 11.3 Å². The van der Waals surface area contributed by atoms with Crippen LogP contribution in [0.2, 0.25) is 0 Å². The summed E-state index contributed by atoms with van der Waals surface area (Å²) in [4.78, 5) is 28.9. The number of aromatic nitrogens is 1. The number of halogens is 2. The number of benzene rings is 2. The Kier molecular flexibility index (Phi) is 6.24. The van der Waals surface area contributed by atoms with E-state index in [4.69, 9.17) is 9.84 Å². The molecule has 3 aromatic rings. The minimum atomic E-state index is -1.30. The molecule has 0 spiro atoms. The smallest absolute Gasteiger partial charge is 0.331 e. The van der Waals surface area contributed by atoms with Gasteiger partial charge in [0.1, 0.15) is 24.0 Å². The lowest BCUT2D eigenvalue weighted by atomic mass is 10.0. The number of aryl methyl sites for hydroxylation is 1. The number of thiazole rings is 1. The van der Waals surface area contributed by atoms with Crippen LogP contribution in [0, 0.1) is 11.6 Å². The molecule has 170 valence electrons. The molecule has 0 radical (unpaired) electrons. The van der Waals surface area contributed by atoms with Crippen molar-refractivity contribution >= 4 is 34.4 Å². The van der Waals surface area contributed by atoms with Gasteiger partial charge >= 0.3 is 5.97 Å². The number of carboxylic acid groups (broad SMARTS) is 1. The number of aliphatic carboxylic acids is 1. The molecule has 0 atom stereocenters. The van der Waals surface area contributed by atoms with E-state index in [0.717, 1.165) is 58.5 Å². The molecule has 1 aromatic heterocycles. The topological polar surface area (TPSA) is 88.5 Å². The van der Waals surface area contributed by atoms with Gasteiger partial charge in [-0.15, -0.1) is 0 Å². The number of anilines is 1. The zero-order valence-corrected chi connectivity index (χ0v) is 18.7. The normalized spacial score (nSPS) is 12.5. The van der Waals surface area contributed by atoms with Crippen LogP contribution in [0.25, 0.3) is 17.3 Å². The fourth-order valence-corrected chi connectivity index (χ4v) is 4.44. The largest absolute Gasteiger partial charge is 0.487 e. The molecular weight excluding hydrogens is 450 g/mol. The van der Waals surface area contributed by atoms with E-state index in [1.807, 2.05) is 18.2 Å². The second-order valence-corrected chi connectivity index (χ2v) is 8.65. The Morgan fingerprint density at radius 3 is 2.67 bits per heavy atom. The van der Waals surface area contributed by atoms with Gasteiger partial charge in [0.2, 0.25) is 0 Å². The quantitative estimate of drug-likeness (QED) is 0.453. The Hall–Kier alpha value is -3.59. The van der Waals surface area contributed by atoms with Crippen molar-refractivity contribution in [3.63, 3.8) is 0 Å². The average Bonchev–Trinajstić information content (AvgIpc) is 3.19. The van der Waals surface area contributed by atoms with Crippen molar-refractivity contribution in [1.29, 1.82) is 0 Å². The van der Waals surface area contributed by atoms with E-state index in [1.54, 1.807) is 0 Å². The molecule has 9 heteroatoms. The molecule has 0 aliphatic carbocycles. The summed E-state index contributed by atoms with van der Waals surface area (Å²) in [5.74, 6) is -3.31. The van der Waals surface area contributed by atoms with Crippen LogP contribution in [0.4, 0.5) is 13.9 Å². The number of ether oxygens (including phenoxy) is 1. The third-order valence-corrected chi connectivity index (χ3v) is 6.12. The average molecular weight is 470 g/mol. The van der Waals surface area contributed by atoms with E-state index in [9.17, 15) is 18.4 Å². The summed E-state index contributed by atoms with van der Waals surface area (Å²) in [7, 11) is 0. The lowest BCUT2D eigenvalue weighted by molar-refractivity contribution is -0.132. The fourth-order valence-electron chi connectivity index (χ4n) is 3.56. The summed E-state index contributed by atoms with van der Waals surface area (Å²) in [6.07, 6.45) is 2.73. The Bertz CT molecular complexity index is 1280. The van der Waals surface area contributed by atoms with Gasteiger partial charge in [-0.1, -0.05) is 36.8 Å². The fraction of sp³-hybridized carbons (Fsp3) is 0.208. The van der Waals surface area contributed by atoms with Gasteiger partial charge in [0.05, 0.1) is 10.6 Å². The van der Waals surface area contributed by atoms with Gasteiger partial charge in [0, 0.05) is 22.3 Å². The maximum atomic E-state index is 14.4. The second-order valence-electron chi connectivity index (χ2n) is 7.56. The van der Waals surface area contributed by atoms with E-state index < -0.39 is 29.1 Å². The van der Waals surface area contributed by atoms with Crippen LogP contribution in [0.3, 0.4) is 0 Å². The predicted molar refractivity (Wildman–Crippen MR) is 121 cm³/mol. The molecule has 0 saturated heterocycles. The first-order chi connectivity index (χ1) is 15.8. The molecule has 4 rings (SSSR count). The molecule has 0 fully saturated rings. The van der Waals surface area contributed by atoms with Gasteiger partial charge in [0.15, 0.2) is 5.13 Å². The number of rotatable bonds is 6. The highest BCUT2D eigenvalue weighted by Gasteiger charge is 2.25. The number of nitrogens with one attached hydrogen (secondary N) is 1. The van der Waals surface area contributed by atoms with Gasteiger partial charge in [-0.05, 0) is 43.2 Å². The van der Waals surface area contributed by atoms with Gasteiger partial charge in [-0.25, -0.2) is 18.6 Å². The van der Waals surface area contributed by atoms with E-state index in [1.165, 1.54) is 18.3 Å². The Morgan fingerprint density at radius 2 is 2.00 bits per heavy atom. The highest BCUT2D eigenvalue weighted by molar-refractivity contribution is 7.16. The van der Waals surface area contributed by atoms with Crippen molar-refractivity contribution in [2.24, 2.45) is 0 Å². The summed E-state index contributed by atoms with van der Waals surface area (Å²) in [5, 5.41) is 11.8. The molecule has 0 bridgehead atoms. The van der Waals surface area contributed by atoms with Crippen molar-refractivity contribution < 1.29 is 28.2 Å². The molecule has 0 unspecified atom stereocenters. The van der Waals surface area contributed by atoms with E-state index in [2.05, 4.69) is 17.2 Å². The summed E-state index contributed by atoms with van der Waals surface area (Å²) < 4.78 is 34.7. The number of hydrogen-bond acceptors (Lipinski definition) is 5. The summed E-state index contributed by atoms with van der Waals surface area (Å²) in [6, 6.07) is 7.59. The van der Waals surface area contributed by atoms with Crippen LogP contribution in [0.1, 0.15) is 46.6 Å². The minimum absolute atomic E-state index is 0.233. The number of amides is 1. The number of hydrogen-bond donors (Lipinski definition) is 2. The molecule has 1 aliphatic rings. The molecule has 0 saturated carbocycles. The van der Waals surface area contributed by atoms with Crippen LogP contribution in [-0.2, 0) is 17.8 Å². The Labute approximate surface area is 192 Å². The van der Waals surface area contributed by atoms with Crippen molar-refractivity contribution in [1.82, 2.24) is 4.98 Å². The third kappa shape index (κ3) is 4.49. The first-order valence-corrected chi connectivity index (χ1v) is 11.1. The monoisotopic (exact) mass is 470 g/mol. The summed E-state index contributed by atoms with van der Waals surface area (Å²) in [5.41, 5.74) is 1.66. The maximum Gasteiger partial charge on any atom is 0.331 e. The predicted octanol–water partition coefficient (Wildman–Crippen LogP) is 5.67. The maximum absolute atomic E-state index is 14.4. The van der Waals surface area contributed by atoms with Crippen LogP contribution in [0.5, 0.6) is 5.75 Å². The van der Waals surface area contributed by atoms with Gasteiger partial charge in [-0.2, -0.15) is 0 Å². The van der Waals surface area contributed by atoms with Crippen molar-refractivity contribution in [2.75, 3.05) is 5.32 Å². The number of carbonyl (C=O) groups excluding carboxylic acids is 1. The lowest BCUT2D eigenvalue weighted by Crippen LogP contribution is -2.13. The summed E-state index contributed by atoms with van der Waals surface area (Å²) >= 11 is 1.23. The van der Waals surface area contributed by atoms with Crippen molar-refractivity contribution in [3.05, 3.63) is 69.1 Å². The zero-order chi connectivity index (χ0) is 23.7. The molecular formula is C24H20F2N2O4S. The van der Waals surface area contributed by atoms with Crippen LogP contribution in [0.15, 0.2) is 35.9 Å². The first kappa shape index (κ1) is 22.6.